The number of rotatable bonds is 3. The van der Waals surface area contributed by atoms with Crippen LogP contribution in [0.3, 0.4) is 0 Å². The Morgan fingerprint density at radius 2 is 1.85 bits per heavy atom. The van der Waals surface area contributed by atoms with Crippen LogP contribution >= 0.6 is 11.3 Å². The van der Waals surface area contributed by atoms with Gasteiger partial charge in [0.15, 0.2) is 0 Å². The molecule has 0 unspecified atom stereocenters. The van der Waals surface area contributed by atoms with Crippen molar-refractivity contribution < 1.29 is 22.0 Å². The molecule has 2 aromatic heterocycles. The van der Waals surface area contributed by atoms with Crippen molar-refractivity contribution in [3.8, 4) is 0 Å². The molecule has 0 aliphatic heterocycles. The number of thiophene rings is 1. The Labute approximate surface area is 112 Å². The summed E-state index contributed by atoms with van der Waals surface area (Å²) < 4.78 is 64.5. The first kappa shape index (κ1) is 14.6. The van der Waals surface area contributed by atoms with Crippen LogP contribution in [0.1, 0.15) is 9.75 Å². The minimum absolute atomic E-state index is 0.145. The van der Waals surface area contributed by atoms with Crippen molar-refractivity contribution in [2.24, 2.45) is 7.05 Å². The summed E-state index contributed by atoms with van der Waals surface area (Å²) in [6, 6.07) is 1.79. The van der Waals surface area contributed by atoms with Gasteiger partial charge in [-0.15, -0.1) is 11.3 Å². The summed E-state index contributed by atoms with van der Waals surface area (Å²) in [7, 11) is 1.34. The monoisotopic (exact) mass is 314 g/mol. The summed E-state index contributed by atoms with van der Waals surface area (Å²) >= 11 is 0.273. The summed E-state index contributed by atoms with van der Waals surface area (Å²) in [5.74, 6) is -4.91. The molecule has 20 heavy (non-hydrogen) atoms. The van der Waals surface area contributed by atoms with Gasteiger partial charge in [-0.2, -0.15) is 31.3 Å². The molecule has 0 saturated carbocycles. The van der Waals surface area contributed by atoms with Crippen molar-refractivity contribution in [3.63, 3.8) is 0 Å². The van der Waals surface area contributed by atoms with Crippen molar-refractivity contribution in [1.82, 2.24) is 19.8 Å². The Bertz CT molecular complexity index is 670. The molecular weight excluding hydrogens is 307 g/mol. The molecule has 0 bridgehead atoms. The normalized spacial score (nSPS) is 12.9. The van der Waals surface area contributed by atoms with E-state index in [9.17, 15) is 26.7 Å². The van der Waals surface area contributed by atoms with Crippen LogP contribution in [0.2, 0.25) is 0 Å². The molecule has 0 radical (unpaired) electrons. The number of halogens is 5. The highest BCUT2D eigenvalue weighted by molar-refractivity contribution is 7.12. The van der Waals surface area contributed by atoms with Gasteiger partial charge in [0.05, 0.1) is 11.4 Å². The molecule has 110 valence electrons. The minimum Gasteiger partial charge on any atom is -0.244 e. The molecule has 2 rings (SSSR count). The highest BCUT2D eigenvalue weighted by Gasteiger charge is 2.59. The highest BCUT2D eigenvalue weighted by Crippen LogP contribution is 2.46. The molecule has 2 aromatic rings. The van der Waals surface area contributed by atoms with Crippen LogP contribution in [-0.4, -0.2) is 26.0 Å². The Kier molecular flexibility index (Phi) is 3.40. The Morgan fingerprint density at radius 1 is 1.20 bits per heavy atom. The van der Waals surface area contributed by atoms with Gasteiger partial charge in [-0.3, -0.25) is 0 Å². The lowest BCUT2D eigenvalue weighted by molar-refractivity contribution is -0.287. The van der Waals surface area contributed by atoms with Gasteiger partial charge in [-0.25, -0.2) is 4.79 Å². The van der Waals surface area contributed by atoms with E-state index in [-0.39, 0.29) is 22.8 Å². The third kappa shape index (κ3) is 2.44. The maximum atomic E-state index is 13.1. The first-order valence-electron chi connectivity index (χ1n) is 5.13. The molecule has 0 atom stereocenters. The van der Waals surface area contributed by atoms with E-state index in [1.165, 1.54) is 7.05 Å². The van der Waals surface area contributed by atoms with Crippen LogP contribution in [0, 0.1) is 0 Å². The average Bonchev–Trinajstić information content (AvgIpc) is 2.91. The molecule has 0 aromatic carbocycles. The van der Waals surface area contributed by atoms with Crippen LogP contribution in [0.15, 0.2) is 16.9 Å². The zero-order valence-electron chi connectivity index (χ0n) is 9.86. The lowest BCUT2D eigenvalue weighted by atomic mass is 10.2. The van der Waals surface area contributed by atoms with Crippen molar-refractivity contribution >= 4 is 11.3 Å². The largest absolute Gasteiger partial charge is 0.458 e. The molecule has 0 fully saturated rings. The number of hydrogen-bond donors (Lipinski definition) is 0. The van der Waals surface area contributed by atoms with Gasteiger partial charge < -0.3 is 0 Å². The smallest absolute Gasteiger partial charge is 0.244 e. The van der Waals surface area contributed by atoms with Crippen LogP contribution in [0.4, 0.5) is 22.0 Å². The third-order valence-corrected chi connectivity index (χ3v) is 3.55. The predicted molar refractivity (Wildman–Crippen MR) is 58.6 cm³/mol. The Hall–Kier alpha value is -1.78. The molecule has 11 heteroatoms. The first-order valence-corrected chi connectivity index (χ1v) is 5.95. The summed E-state index contributed by atoms with van der Waals surface area (Å²) in [6.45, 7) is -0.217. The van der Waals surface area contributed by atoms with Crippen molar-refractivity contribution in [2.75, 3.05) is 0 Å². The van der Waals surface area contributed by atoms with E-state index in [4.69, 9.17) is 0 Å². The van der Waals surface area contributed by atoms with Gasteiger partial charge >= 0.3 is 17.8 Å². The van der Waals surface area contributed by atoms with E-state index in [0.717, 1.165) is 15.4 Å². The van der Waals surface area contributed by atoms with Crippen molar-refractivity contribution in [2.45, 2.75) is 18.6 Å². The molecule has 5 nitrogen and oxygen atoms in total. The number of aromatic nitrogens is 4. The fourth-order valence-corrected chi connectivity index (χ4v) is 2.36. The van der Waals surface area contributed by atoms with Crippen LogP contribution in [0.5, 0.6) is 0 Å². The van der Waals surface area contributed by atoms with Crippen LogP contribution in [-0.2, 0) is 19.5 Å². The first-order chi connectivity index (χ1) is 9.13. The number of hydrogen-bond acceptors (Lipinski definition) is 4. The maximum absolute atomic E-state index is 13.1. The maximum Gasteiger partial charge on any atom is 0.458 e. The zero-order valence-corrected chi connectivity index (χ0v) is 10.7. The molecule has 0 spiro atoms. The van der Waals surface area contributed by atoms with Gasteiger partial charge in [0, 0.05) is 11.9 Å². The van der Waals surface area contributed by atoms with Crippen molar-refractivity contribution in [1.29, 1.82) is 0 Å². The summed E-state index contributed by atoms with van der Waals surface area (Å²) in [6.07, 6.45) is -5.65. The molecule has 0 amide bonds. The molecule has 2 heterocycles. The lowest BCUT2D eigenvalue weighted by Crippen LogP contribution is -2.32. The Balaban J connectivity index is 2.26. The third-order valence-electron chi connectivity index (χ3n) is 2.41. The van der Waals surface area contributed by atoms with E-state index >= 15 is 0 Å². The molecule has 0 aliphatic carbocycles. The fourth-order valence-electron chi connectivity index (χ4n) is 1.37. The van der Waals surface area contributed by atoms with E-state index in [0.29, 0.717) is 6.07 Å². The minimum atomic E-state index is -5.65. The van der Waals surface area contributed by atoms with E-state index in [1.54, 1.807) is 0 Å². The topological polar surface area (TPSA) is 52.7 Å². The van der Waals surface area contributed by atoms with Gasteiger partial charge in [0.25, 0.3) is 0 Å². The summed E-state index contributed by atoms with van der Waals surface area (Å²) in [4.78, 5) is 10.4. The molecule has 0 N–H and O–H groups in total. The quantitative estimate of drug-likeness (QED) is 0.811. The zero-order chi connectivity index (χ0) is 15.1. The van der Waals surface area contributed by atoms with Crippen LogP contribution in [0.25, 0.3) is 0 Å². The van der Waals surface area contributed by atoms with Gasteiger partial charge in [0.1, 0.15) is 0 Å². The van der Waals surface area contributed by atoms with Gasteiger partial charge in [-0.05, 0) is 22.6 Å². The van der Waals surface area contributed by atoms with E-state index in [1.807, 2.05) is 0 Å². The van der Waals surface area contributed by atoms with Gasteiger partial charge in [-0.1, -0.05) is 0 Å². The standard InChI is InChI=1S/C9H7F5N4OS/c1-17-7(19)18(16-15-17)4-5-2-3-6(20-5)8(10,11)9(12,13)14/h2-3H,4H2,1H3. The number of alkyl halides is 5. The van der Waals surface area contributed by atoms with E-state index in [2.05, 4.69) is 10.4 Å². The second-order valence-electron chi connectivity index (χ2n) is 3.88. The lowest BCUT2D eigenvalue weighted by Gasteiger charge is -2.17. The summed E-state index contributed by atoms with van der Waals surface area (Å²) in [5, 5.41) is 6.85. The number of aryl methyl sites for hydroxylation is 1. The fraction of sp³-hybridized carbons (Fsp3) is 0.444. The molecular formula is C9H7F5N4OS. The van der Waals surface area contributed by atoms with Crippen LogP contribution < -0.4 is 5.69 Å². The summed E-state index contributed by atoms with van der Waals surface area (Å²) in [5.41, 5.74) is -0.595. The van der Waals surface area contributed by atoms with Crippen molar-refractivity contribution in [3.05, 3.63) is 32.4 Å². The predicted octanol–water partition coefficient (Wildman–Crippen LogP) is 1.74. The second kappa shape index (κ2) is 4.65. The second-order valence-corrected chi connectivity index (χ2v) is 5.05. The van der Waals surface area contributed by atoms with Gasteiger partial charge in [0.2, 0.25) is 0 Å². The highest BCUT2D eigenvalue weighted by atomic mass is 32.1. The number of nitrogens with zero attached hydrogens (tertiary/aromatic N) is 4. The Morgan fingerprint density at radius 3 is 2.35 bits per heavy atom. The molecule has 0 saturated heterocycles. The van der Waals surface area contributed by atoms with E-state index < -0.39 is 22.7 Å². The molecule has 0 aliphatic rings. The SMILES string of the molecule is Cn1nnn(Cc2ccc(C(F)(F)C(F)(F)F)s2)c1=O. The number of tetrazole rings is 1. The average molecular weight is 314 g/mol.